The summed E-state index contributed by atoms with van der Waals surface area (Å²) in [5.74, 6) is 0.522. The first-order valence-electron chi connectivity index (χ1n) is 9.19. The van der Waals surface area contributed by atoms with E-state index in [4.69, 9.17) is 16.0 Å². The first-order valence-corrected chi connectivity index (χ1v) is 12.5. The fourth-order valence-electron chi connectivity index (χ4n) is 2.84. The average molecular weight is 404 g/mol. The first kappa shape index (κ1) is 21.5. The quantitative estimate of drug-likeness (QED) is 0.563. The Morgan fingerprint density at radius 1 is 1.04 bits per heavy atom. The minimum Gasteiger partial charge on any atom is -0.542 e. The fraction of sp³-hybridized carbons (Fsp3) is 0.409. The second-order valence-electron chi connectivity index (χ2n) is 8.73. The molecule has 0 spiro atoms. The predicted octanol–water partition coefficient (Wildman–Crippen LogP) is 6.90. The summed E-state index contributed by atoms with van der Waals surface area (Å²) in [6.07, 6.45) is 0. The summed E-state index contributed by atoms with van der Waals surface area (Å²) >= 11 is 6.20. The van der Waals surface area contributed by atoms with Crippen molar-refractivity contribution < 1.29 is 9.22 Å². The summed E-state index contributed by atoms with van der Waals surface area (Å²) in [7, 11) is -2.05. The van der Waals surface area contributed by atoms with Crippen LogP contribution in [-0.4, -0.2) is 14.2 Å². The molecule has 2 aromatic rings. The third kappa shape index (κ3) is 4.93. The Morgan fingerprint density at radius 2 is 1.59 bits per heavy atom. The van der Waals surface area contributed by atoms with Crippen LogP contribution in [0.5, 0.6) is 5.75 Å². The number of amides is 1. The van der Waals surface area contributed by atoms with Crippen LogP contribution in [0.2, 0.25) is 23.2 Å². The van der Waals surface area contributed by atoms with Gasteiger partial charge in [0.25, 0.3) is 14.2 Å². The van der Waals surface area contributed by atoms with Crippen molar-refractivity contribution in [2.45, 2.75) is 59.7 Å². The van der Waals surface area contributed by atoms with Gasteiger partial charge in [-0.15, -0.1) is 0 Å². The van der Waals surface area contributed by atoms with E-state index in [-0.39, 0.29) is 10.9 Å². The molecule has 3 nitrogen and oxygen atoms in total. The molecule has 2 aromatic carbocycles. The van der Waals surface area contributed by atoms with Crippen LogP contribution in [0.1, 0.15) is 47.8 Å². The number of hydrogen-bond donors (Lipinski definition) is 1. The summed E-state index contributed by atoms with van der Waals surface area (Å²) in [5, 5.41) is 3.63. The summed E-state index contributed by atoms with van der Waals surface area (Å²) < 4.78 is 6.43. The Labute approximate surface area is 169 Å². The van der Waals surface area contributed by atoms with Gasteiger partial charge in [-0.05, 0) is 68.2 Å². The van der Waals surface area contributed by atoms with E-state index in [1.165, 1.54) is 0 Å². The van der Waals surface area contributed by atoms with Gasteiger partial charge >= 0.3 is 0 Å². The van der Waals surface area contributed by atoms with Crippen molar-refractivity contribution in [3.8, 4) is 5.75 Å². The van der Waals surface area contributed by atoms with Gasteiger partial charge in [0, 0.05) is 10.6 Å². The Kier molecular flexibility index (Phi) is 6.12. The highest BCUT2D eigenvalue weighted by molar-refractivity contribution is 6.74. The van der Waals surface area contributed by atoms with E-state index < -0.39 is 8.32 Å². The standard InChI is InChI=1S/C22H30ClNO2Si/c1-14-11-15(2)20(16(3)12-14)21(25)24-18-13-17(23)9-10-19(18)26-27(7,8)22(4,5)6/h9-13H,1-8H3,(H,24,25). The van der Waals surface area contributed by atoms with Gasteiger partial charge in [0.2, 0.25) is 0 Å². The molecule has 0 aliphatic heterocycles. The molecule has 1 amide bonds. The van der Waals surface area contributed by atoms with Crippen molar-refractivity contribution in [1.82, 2.24) is 0 Å². The zero-order chi connectivity index (χ0) is 20.6. The Balaban J connectivity index is 2.40. The van der Waals surface area contributed by atoms with Crippen LogP contribution in [0.15, 0.2) is 30.3 Å². The summed E-state index contributed by atoms with van der Waals surface area (Å²) in [6.45, 7) is 16.9. The largest absolute Gasteiger partial charge is 0.542 e. The molecule has 146 valence electrons. The Bertz CT molecular complexity index is 846. The van der Waals surface area contributed by atoms with Gasteiger partial charge in [-0.1, -0.05) is 50.1 Å². The van der Waals surface area contributed by atoms with E-state index in [1.807, 2.05) is 39.0 Å². The molecule has 27 heavy (non-hydrogen) atoms. The highest BCUT2D eigenvalue weighted by Gasteiger charge is 2.39. The molecule has 0 unspecified atom stereocenters. The minimum atomic E-state index is -2.05. The second kappa shape index (κ2) is 7.68. The average Bonchev–Trinajstić information content (AvgIpc) is 2.47. The lowest BCUT2D eigenvalue weighted by atomic mass is 9.99. The van der Waals surface area contributed by atoms with Crippen molar-refractivity contribution in [3.63, 3.8) is 0 Å². The molecular formula is C22H30ClNO2Si. The third-order valence-corrected chi connectivity index (χ3v) is 9.84. The molecule has 0 aliphatic rings. The van der Waals surface area contributed by atoms with E-state index in [0.717, 1.165) is 16.7 Å². The molecule has 5 heteroatoms. The molecule has 0 fully saturated rings. The molecule has 0 saturated carbocycles. The van der Waals surface area contributed by atoms with E-state index in [2.05, 4.69) is 39.2 Å². The lowest BCUT2D eigenvalue weighted by Crippen LogP contribution is -2.44. The molecule has 0 radical (unpaired) electrons. The van der Waals surface area contributed by atoms with Crippen molar-refractivity contribution in [1.29, 1.82) is 0 Å². The van der Waals surface area contributed by atoms with Gasteiger partial charge in [-0.2, -0.15) is 0 Å². The Hall–Kier alpha value is -1.78. The summed E-state index contributed by atoms with van der Waals surface area (Å²) in [5.41, 5.74) is 4.36. The van der Waals surface area contributed by atoms with Gasteiger partial charge in [-0.25, -0.2) is 0 Å². The van der Waals surface area contributed by atoms with Gasteiger partial charge in [0.1, 0.15) is 5.75 Å². The third-order valence-electron chi connectivity index (χ3n) is 5.27. The minimum absolute atomic E-state index is 0.0536. The lowest BCUT2D eigenvalue weighted by molar-refractivity contribution is 0.102. The number of aryl methyl sites for hydroxylation is 3. The van der Waals surface area contributed by atoms with E-state index in [9.17, 15) is 4.79 Å². The lowest BCUT2D eigenvalue weighted by Gasteiger charge is -2.37. The van der Waals surface area contributed by atoms with Crippen LogP contribution in [0.4, 0.5) is 5.69 Å². The maximum Gasteiger partial charge on any atom is 0.256 e. The highest BCUT2D eigenvalue weighted by Crippen LogP contribution is 2.40. The highest BCUT2D eigenvalue weighted by atomic mass is 35.5. The van der Waals surface area contributed by atoms with Gasteiger partial charge in [0.05, 0.1) is 5.69 Å². The SMILES string of the molecule is Cc1cc(C)c(C(=O)Nc2cc(Cl)ccc2O[Si](C)(C)C(C)(C)C)c(C)c1. The number of carbonyl (C=O) groups excluding carboxylic acids is 1. The fourth-order valence-corrected chi connectivity index (χ4v) is 4.05. The summed E-state index contributed by atoms with van der Waals surface area (Å²) in [4.78, 5) is 13.0. The predicted molar refractivity (Wildman–Crippen MR) is 118 cm³/mol. The van der Waals surface area contributed by atoms with Crippen molar-refractivity contribution in [2.75, 3.05) is 5.32 Å². The maximum atomic E-state index is 13.0. The molecular weight excluding hydrogens is 374 g/mol. The van der Waals surface area contributed by atoms with E-state index in [0.29, 0.717) is 22.0 Å². The topological polar surface area (TPSA) is 38.3 Å². The van der Waals surface area contributed by atoms with Crippen LogP contribution >= 0.6 is 11.6 Å². The monoisotopic (exact) mass is 403 g/mol. The smallest absolute Gasteiger partial charge is 0.256 e. The van der Waals surface area contributed by atoms with Crippen molar-refractivity contribution in [2.24, 2.45) is 0 Å². The number of rotatable bonds is 4. The number of benzene rings is 2. The summed E-state index contributed by atoms with van der Waals surface area (Å²) in [6, 6.07) is 9.43. The van der Waals surface area contributed by atoms with Crippen molar-refractivity contribution in [3.05, 3.63) is 57.6 Å². The molecule has 0 heterocycles. The molecule has 0 aliphatic carbocycles. The van der Waals surface area contributed by atoms with Gasteiger partial charge < -0.3 is 9.74 Å². The number of anilines is 1. The molecule has 2 rings (SSSR count). The number of hydrogen-bond acceptors (Lipinski definition) is 2. The number of nitrogens with one attached hydrogen (secondary N) is 1. The zero-order valence-corrected chi connectivity index (χ0v) is 19.3. The second-order valence-corrected chi connectivity index (χ2v) is 13.9. The molecule has 0 atom stereocenters. The van der Waals surface area contributed by atoms with Crippen molar-refractivity contribution >= 4 is 31.5 Å². The zero-order valence-electron chi connectivity index (χ0n) is 17.6. The van der Waals surface area contributed by atoms with Crippen LogP contribution in [0, 0.1) is 20.8 Å². The molecule has 0 aromatic heterocycles. The molecule has 0 saturated heterocycles. The van der Waals surface area contributed by atoms with Crippen LogP contribution in [0.3, 0.4) is 0 Å². The van der Waals surface area contributed by atoms with Crippen LogP contribution < -0.4 is 9.74 Å². The van der Waals surface area contributed by atoms with E-state index in [1.54, 1.807) is 12.1 Å². The van der Waals surface area contributed by atoms with Gasteiger partial charge in [0.15, 0.2) is 0 Å². The van der Waals surface area contributed by atoms with Crippen LogP contribution in [-0.2, 0) is 0 Å². The van der Waals surface area contributed by atoms with Gasteiger partial charge in [-0.3, -0.25) is 4.79 Å². The molecule has 1 N–H and O–H groups in total. The number of halogens is 1. The van der Waals surface area contributed by atoms with Crippen LogP contribution in [0.25, 0.3) is 0 Å². The molecule has 0 bridgehead atoms. The maximum absolute atomic E-state index is 13.0. The number of carbonyl (C=O) groups is 1. The Morgan fingerprint density at radius 3 is 2.11 bits per heavy atom. The van der Waals surface area contributed by atoms with E-state index >= 15 is 0 Å². The normalized spacial score (nSPS) is 12.0. The first-order chi connectivity index (χ1) is 12.3.